The maximum atomic E-state index is 12.6. The summed E-state index contributed by atoms with van der Waals surface area (Å²) in [5.41, 5.74) is 8.83. The van der Waals surface area contributed by atoms with Crippen molar-refractivity contribution in [3.8, 4) is 16.9 Å². The van der Waals surface area contributed by atoms with Crippen LogP contribution in [0.5, 0.6) is 5.75 Å². The predicted octanol–water partition coefficient (Wildman–Crippen LogP) is 1.23. The second kappa shape index (κ2) is 11.0. The van der Waals surface area contributed by atoms with E-state index in [4.69, 9.17) is 15.3 Å². The molecule has 1 fully saturated rings. The molecular formula is C25H32N4O6. The van der Waals surface area contributed by atoms with Crippen molar-refractivity contribution in [2.75, 3.05) is 32.7 Å². The number of aliphatic imine (C=N–C) groups is 1. The van der Waals surface area contributed by atoms with E-state index in [-0.39, 0.29) is 13.2 Å². The molecule has 1 saturated heterocycles. The molecule has 0 spiro atoms. The van der Waals surface area contributed by atoms with Crippen molar-refractivity contribution in [3.05, 3.63) is 47.5 Å². The lowest BCUT2D eigenvalue weighted by Crippen LogP contribution is -2.43. The predicted molar refractivity (Wildman–Crippen MR) is 132 cm³/mol. The zero-order chi connectivity index (χ0) is 25.9. The minimum Gasteiger partial charge on any atom is -0.496 e. The van der Waals surface area contributed by atoms with E-state index in [1.807, 2.05) is 43.3 Å². The molecule has 0 saturated carbocycles. The van der Waals surface area contributed by atoms with Crippen LogP contribution < -0.4 is 15.4 Å². The highest BCUT2D eigenvalue weighted by atomic mass is 16.7. The summed E-state index contributed by atoms with van der Waals surface area (Å²) < 4.78 is 5.76. The number of carbonyl (C=O) groups excluding carboxylic acids is 2. The van der Waals surface area contributed by atoms with Crippen molar-refractivity contribution in [3.63, 3.8) is 0 Å². The molecule has 3 rings (SSSR count). The highest BCUT2D eigenvalue weighted by molar-refractivity contribution is 5.96. The van der Waals surface area contributed by atoms with Crippen LogP contribution >= 0.6 is 0 Å². The number of nitrogens with two attached hydrogens (primary N) is 1. The van der Waals surface area contributed by atoms with Gasteiger partial charge in [0.2, 0.25) is 5.91 Å². The van der Waals surface area contributed by atoms with Crippen molar-refractivity contribution < 1.29 is 29.4 Å². The molecule has 188 valence electrons. The number of primary amides is 1. The maximum Gasteiger partial charge on any atom is 0.265 e. The van der Waals surface area contributed by atoms with E-state index in [1.54, 1.807) is 19.1 Å². The van der Waals surface area contributed by atoms with Crippen molar-refractivity contribution in [2.24, 2.45) is 16.6 Å². The lowest BCUT2D eigenvalue weighted by molar-refractivity contribution is -0.180. The third-order valence-corrected chi connectivity index (χ3v) is 6.18. The summed E-state index contributed by atoms with van der Waals surface area (Å²) in [6.07, 6.45) is -1.71. The number of aliphatic hydroxyl groups excluding tert-OH is 2. The Kier molecular flexibility index (Phi) is 8.23. The highest BCUT2D eigenvalue weighted by Gasteiger charge is 2.49. The minimum absolute atomic E-state index is 0.110. The zero-order valence-corrected chi connectivity index (χ0v) is 20.3. The molecule has 1 heterocycles. The quantitative estimate of drug-likeness (QED) is 0.452. The number of methoxy groups -OCH3 is 1. The summed E-state index contributed by atoms with van der Waals surface area (Å²) in [6, 6.07) is 9.90. The standard InChI is InChI=1S/C25H32N4O6/c1-14(31)21-20(13-30)35-29(22(21)25(33)27-2)12-15-7-6-8-19(23(15)34-5)16-9-17(24(26)32)11-18(10-16)28(3)4/h6-11,14,20-22,30-31H,2,12-13H2,1,3-5H3,(H2,26,32)/t14-,20-,21+,22-/m0/s1. The number of carbonyl (C=O) groups is 2. The van der Waals surface area contributed by atoms with Crippen LogP contribution in [0.4, 0.5) is 5.69 Å². The topological polar surface area (TPSA) is 138 Å². The molecule has 35 heavy (non-hydrogen) atoms. The molecule has 2 aromatic rings. The van der Waals surface area contributed by atoms with Gasteiger partial charge >= 0.3 is 0 Å². The SMILES string of the molecule is C=NC(=O)[C@@H]1[C@H]([C@H](C)O)[C@H](CO)ON1Cc1cccc(-c2cc(C(N)=O)cc(N(C)C)c2)c1OC. The van der Waals surface area contributed by atoms with Crippen molar-refractivity contribution in [1.82, 2.24) is 5.06 Å². The van der Waals surface area contributed by atoms with Gasteiger partial charge in [0.25, 0.3) is 5.91 Å². The van der Waals surface area contributed by atoms with Gasteiger partial charge in [-0.2, -0.15) is 5.06 Å². The Morgan fingerprint density at radius 2 is 2.03 bits per heavy atom. The summed E-state index contributed by atoms with van der Waals surface area (Å²) in [6.45, 7) is 4.60. The van der Waals surface area contributed by atoms with E-state index < -0.39 is 36.0 Å². The molecular weight excluding hydrogens is 452 g/mol. The lowest BCUT2D eigenvalue weighted by Gasteiger charge is -2.25. The molecule has 2 amide bonds. The number of rotatable bonds is 9. The Morgan fingerprint density at radius 1 is 1.31 bits per heavy atom. The van der Waals surface area contributed by atoms with Gasteiger partial charge in [-0.1, -0.05) is 18.2 Å². The number of para-hydroxylation sites is 1. The van der Waals surface area contributed by atoms with Crippen LogP contribution in [0.15, 0.2) is 41.4 Å². The van der Waals surface area contributed by atoms with Crippen molar-refractivity contribution in [1.29, 1.82) is 0 Å². The Balaban J connectivity index is 2.07. The second-order valence-corrected chi connectivity index (χ2v) is 8.69. The first-order valence-corrected chi connectivity index (χ1v) is 11.1. The van der Waals surface area contributed by atoms with Gasteiger partial charge in [-0.3, -0.25) is 14.4 Å². The van der Waals surface area contributed by atoms with E-state index in [0.717, 1.165) is 11.3 Å². The summed E-state index contributed by atoms with van der Waals surface area (Å²) in [4.78, 5) is 35.8. The second-order valence-electron chi connectivity index (χ2n) is 8.69. The molecule has 0 bridgehead atoms. The van der Waals surface area contributed by atoms with Crippen LogP contribution in [0.3, 0.4) is 0 Å². The monoisotopic (exact) mass is 484 g/mol. The first kappa shape index (κ1) is 26.3. The van der Waals surface area contributed by atoms with Gasteiger partial charge in [-0.15, -0.1) is 0 Å². The molecule has 1 aliphatic heterocycles. The number of anilines is 1. The number of benzene rings is 2. The molecule has 4 N–H and O–H groups in total. The van der Waals surface area contributed by atoms with Crippen LogP contribution in [-0.2, 0) is 16.2 Å². The number of hydroxylamine groups is 2. The lowest BCUT2D eigenvalue weighted by atomic mass is 9.89. The molecule has 0 aromatic heterocycles. The van der Waals surface area contributed by atoms with E-state index in [0.29, 0.717) is 22.4 Å². The molecule has 10 nitrogen and oxygen atoms in total. The largest absolute Gasteiger partial charge is 0.496 e. The van der Waals surface area contributed by atoms with Crippen LogP contribution in [0.2, 0.25) is 0 Å². The Labute approximate surface area is 204 Å². The van der Waals surface area contributed by atoms with Gasteiger partial charge in [-0.05, 0) is 37.4 Å². The summed E-state index contributed by atoms with van der Waals surface area (Å²) in [7, 11) is 5.26. The highest BCUT2D eigenvalue weighted by Crippen LogP contribution is 2.38. The number of hydrogen-bond acceptors (Lipinski definition) is 8. The van der Waals surface area contributed by atoms with Crippen molar-refractivity contribution >= 4 is 24.2 Å². The third-order valence-electron chi connectivity index (χ3n) is 6.18. The summed E-state index contributed by atoms with van der Waals surface area (Å²) in [5, 5.41) is 21.5. The van der Waals surface area contributed by atoms with E-state index in [9.17, 15) is 19.8 Å². The zero-order valence-electron chi connectivity index (χ0n) is 20.3. The van der Waals surface area contributed by atoms with Gasteiger partial charge < -0.3 is 25.6 Å². The van der Waals surface area contributed by atoms with E-state index in [1.165, 1.54) is 12.2 Å². The van der Waals surface area contributed by atoms with Gasteiger partial charge in [0.05, 0.1) is 26.4 Å². The van der Waals surface area contributed by atoms with Gasteiger partial charge in [0, 0.05) is 42.4 Å². The van der Waals surface area contributed by atoms with Crippen LogP contribution in [0.1, 0.15) is 22.8 Å². The van der Waals surface area contributed by atoms with Crippen LogP contribution in [-0.4, -0.2) is 79.9 Å². The Hall–Kier alpha value is -3.31. The molecule has 1 aliphatic rings. The molecule has 0 aliphatic carbocycles. The van der Waals surface area contributed by atoms with E-state index >= 15 is 0 Å². The molecule has 4 atom stereocenters. The van der Waals surface area contributed by atoms with Gasteiger partial charge in [0.1, 0.15) is 17.9 Å². The Bertz CT molecular complexity index is 1100. The van der Waals surface area contributed by atoms with Crippen LogP contribution in [0.25, 0.3) is 11.1 Å². The third kappa shape index (κ3) is 5.35. The van der Waals surface area contributed by atoms with Crippen molar-refractivity contribution in [2.45, 2.75) is 31.7 Å². The number of nitrogens with zero attached hydrogens (tertiary/aromatic N) is 3. The summed E-state index contributed by atoms with van der Waals surface area (Å²) >= 11 is 0. The fourth-order valence-electron chi connectivity index (χ4n) is 4.46. The smallest absolute Gasteiger partial charge is 0.265 e. The number of ether oxygens (including phenoxy) is 1. The van der Waals surface area contributed by atoms with E-state index in [2.05, 4.69) is 11.7 Å². The molecule has 0 unspecified atom stereocenters. The normalized spacial score (nSPS) is 20.9. The first-order chi connectivity index (χ1) is 16.6. The first-order valence-electron chi connectivity index (χ1n) is 11.1. The number of hydrogen-bond donors (Lipinski definition) is 3. The summed E-state index contributed by atoms with van der Waals surface area (Å²) in [5.74, 6) is -1.29. The van der Waals surface area contributed by atoms with Crippen LogP contribution in [0, 0.1) is 5.92 Å². The number of amides is 2. The fourth-order valence-corrected chi connectivity index (χ4v) is 4.46. The molecule has 0 radical (unpaired) electrons. The number of aliphatic hydroxyl groups is 2. The fraction of sp³-hybridized carbons (Fsp3) is 0.400. The van der Waals surface area contributed by atoms with Gasteiger partial charge in [-0.25, -0.2) is 4.99 Å². The Morgan fingerprint density at radius 3 is 2.57 bits per heavy atom. The minimum atomic E-state index is -0.934. The average Bonchev–Trinajstić information content (AvgIpc) is 3.21. The molecule has 2 aromatic carbocycles. The average molecular weight is 485 g/mol. The van der Waals surface area contributed by atoms with Gasteiger partial charge in [0.15, 0.2) is 0 Å². The maximum absolute atomic E-state index is 12.6. The molecule has 10 heteroatoms.